The number of hydrogen-bond donors (Lipinski definition) is 1. The van der Waals surface area contributed by atoms with Gasteiger partial charge in [-0.25, -0.2) is 8.78 Å². The van der Waals surface area contributed by atoms with Crippen molar-refractivity contribution in [2.45, 2.75) is 6.04 Å². The summed E-state index contributed by atoms with van der Waals surface area (Å²) in [7, 11) is 1.35. The van der Waals surface area contributed by atoms with E-state index in [0.29, 0.717) is 4.88 Å². The Morgan fingerprint density at radius 2 is 1.94 bits per heavy atom. The highest BCUT2D eigenvalue weighted by molar-refractivity contribution is 7.10. The van der Waals surface area contributed by atoms with Gasteiger partial charge >= 0.3 is 0 Å². The normalized spacial score (nSPS) is 12.5. The van der Waals surface area contributed by atoms with Crippen LogP contribution in [0.15, 0.2) is 29.6 Å². The molecule has 0 aliphatic rings. The van der Waals surface area contributed by atoms with E-state index in [1.165, 1.54) is 18.4 Å². The van der Waals surface area contributed by atoms with Crippen LogP contribution < -0.4 is 10.5 Å². The molecule has 1 atom stereocenters. The van der Waals surface area contributed by atoms with E-state index in [2.05, 4.69) is 0 Å². The first kappa shape index (κ1) is 12.0. The Hall–Kier alpha value is -1.46. The number of methoxy groups -OCH3 is 1. The van der Waals surface area contributed by atoms with Gasteiger partial charge in [-0.05, 0) is 11.4 Å². The van der Waals surface area contributed by atoms with Crippen LogP contribution in [0.25, 0.3) is 0 Å². The molecule has 0 saturated heterocycles. The van der Waals surface area contributed by atoms with Crippen LogP contribution in [0.4, 0.5) is 8.78 Å². The predicted molar refractivity (Wildman–Crippen MR) is 63.3 cm³/mol. The number of halogens is 2. The average molecular weight is 255 g/mol. The lowest BCUT2D eigenvalue weighted by atomic mass is 10.0. The zero-order chi connectivity index (χ0) is 12.4. The maximum absolute atomic E-state index is 13.7. The van der Waals surface area contributed by atoms with Crippen molar-refractivity contribution in [3.63, 3.8) is 0 Å². The molecule has 2 nitrogen and oxygen atoms in total. The molecule has 5 heteroatoms. The van der Waals surface area contributed by atoms with Gasteiger partial charge in [0.2, 0.25) is 0 Å². The lowest BCUT2D eigenvalue weighted by Gasteiger charge is -2.13. The summed E-state index contributed by atoms with van der Waals surface area (Å²) in [5, 5.41) is 1.81. The van der Waals surface area contributed by atoms with E-state index in [1.807, 2.05) is 5.38 Å². The fourth-order valence-electron chi connectivity index (χ4n) is 1.59. The topological polar surface area (TPSA) is 35.2 Å². The zero-order valence-electron chi connectivity index (χ0n) is 9.11. The fourth-order valence-corrected chi connectivity index (χ4v) is 2.32. The molecule has 1 aromatic carbocycles. The van der Waals surface area contributed by atoms with Crippen LogP contribution in [0.5, 0.6) is 5.75 Å². The maximum atomic E-state index is 13.7. The molecule has 2 rings (SSSR count). The second-order valence-electron chi connectivity index (χ2n) is 3.50. The first-order valence-corrected chi connectivity index (χ1v) is 5.83. The minimum atomic E-state index is -0.791. The Balaban J connectivity index is 2.45. The maximum Gasteiger partial charge on any atom is 0.134 e. The van der Waals surface area contributed by atoms with E-state index in [4.69, 9.17) is 10.5 Å². The van der Waals surface area contributed by atoms with E-state index in [9.17, 15) is 8.78 Å². The summed E-state index contributed by atoms with van der Waals surface area (Å²) in [4.78, 5) is 0.716. The van der Waals surface area contributed by atoms with Crippen LogP contribution in [0, 0.1) is 11.6 Å². The van der Waals surface area contributed by atoms with E-state index >= 15 is 0 Å². The van der Waals surface area contributed by atoms with Gasteiger partial charge in [0.1, 0.15) is 17.4 Å². The van der Waals surface area contributed by atoms with Crippen LogP contribution >= 0.6 is 11.3 Å². The lowest BCUT2D eigenvalue weighted by molar-refractivity contribution is 0.404. The van der Waals surface area contributed by atoms with Gasteiger partial charge < -0.3 is 10.5 Å². The Kier molecular flexibility index (Phi) is 3.40. The summed E-state index contributed by atoms with van der Waals surface area (Å²) in [6.07, 6.45) is 0. The largest absolute Gasteiger partial charge is 0.497 e. The minimum absolute atomic E-state index is 0.131. The monoisotopic (exact) mass is 255 g/mol. The summed E-state index contributed by atoms with van der Waals surface area (Å²) in [6.45, 7) is 0. The highest BCUT2D eigenvalue weighted by Crippen LogP contribution is 2.30. The van der Waals surface area contributed by atoms with Crippen molar-refractivity contribution in [1.29, 1.82) is 0 Å². The Bertz CT molecular complexity index is 490. The van der Waals surface area contributed by atoms with Crippen LogP contribution in [0.2, 0.25) is 0 Å². The first-order valence-electron chi connectivity index (χ1n) is 4.95. The summed E-state index contributed by atoms with van der Waals surface area (Å²) < 4.78 is 32.3. The van der Waals surface area contributed by atoms with Crippen molar-refractivity contribution in [3.05, 3.63) is 51.7 Å². The van der Waals surface area contributed by atoms with Crippen molar-refractivity contribution in [3.8, 4) is 5.75 Å². The molecule has 0 saturated carbocycles. The Labute approximate surface area is 102 Å². The molecule has 2 aromatic rings. The van der Waals surface area contributed by atoms with E-state index in [1.54, 1.807) is 12.1 Å². The molecule has 17 heavy (non-hydrogen) atoms. The van der Waals surface area contributed by atoms with Crippen molar-refractivity contribution in [1.82, 2.24) is 0 Å². The molecule has 1 heterocycles. The molecule has 90 valence electrons. The van der Waals surface area contributed by atoms with Gasteiger partial charge in [-0.1, -0.05) is 6.07 Å². The molecule has 0 spiro atoms. The molecule has 0 bridgehead atoms. The van der Waals surface area contributed by atoms with Gasteiger partial charge in [0.25, 0.3) is 0 Å². The van der Waals surface area contributed by atoms with Crippen LogP contribution in [0.3, 0.4) is 0 Å². The molecule has 2 N–H and O–H groups in total. The third-order valence-electron chi connectivity index (χ3n) is 2.45. The summed E-state index contributed by atoms with van der Waals surface area (Å²) in [6, 6.07) is 5.01. The number of hydrogen-bond acceptors (Lipinski definition) is 3. The smallest absolute Gasteiger partial charge is 0.134 e. The summed E-state index contributed by atoms with van der Waals surface area (Å²) in [5.74, 6) is -1.24. The van der Waals surface area contributed by atoms with Crippen molar-refractivity contribution >= 4 is 11.3 Å². The molecule has 0 fully saturated rings. The number of rotatable bonds is 3. The number of nitrogens with two attached hydrogens (primary N) is 1. The van der Waals surface area contributed by atoms with Crippen LogP contribution in [-0.2, 0) is 0 Å². The van der Waals surface area contributed by atoms with Crippen LogP contribution in [-0.4, -0.2) is 7.11 Å². The number of thiophene rings is 1. The molecule has 0 aliphatic carbocycles. The highest BCUT2D eigenvalue weighted by Gasteiger charge is 2.20. The van der Waals surface area contributed by atoms with Gasteiger partial charge in [-0.3, -0.25) is 0 Å². The second-order valence-corrected chi connectivity index (χ2v) is 4.48. The molecule has 0 radical (unpaired) electrons. The lowest BCUT2D eigenvalue weighted by Crippen LogP contribution is -2.14. The standard InChI is InChI=1S/C12H11F2NOS/c1-16-7-5-8(13)11(9(14)6-7)12(15)10-3-2-4-17-10/h2-6,12H,15H2,1H3/t12-/m1/s1. The third kappa shape index (κ3) is 2.30. The molecular weight excluding hydrogens is 244 g/mol. The zero-order valence-corrected chi connectivity index (χ0v) is 9.93. The highest BCUT2D eigenvalue weighted by atomic mass is 32.1. The average Bonchev–Trinajstić information content (AvgIpc) is 2.81. The second kappa shape index (κ2) is 4.81. The van der Waals surface area contributed by atoms with Gasteiger partial charge in [-0.2, -0.15) is 0 Å². The van der Waals surface area contributed by atoms with Crippen molar-refractivity contribution in [2.24, 2.45) is 5.73 Å². The molecule has 1 aromatic heterocycles. The minimum Gasteiger partial charge on any atom is -0.497 e. The van der Waals surface area contributed by atoms with Gasteiger partial charge in [0.05, 0.1) is 13.2 Å². The summed E-state index contributed by atoms with van der Waals surface area (Å²) >= 11 is 1.36. The third-order valence-corrected chi connectivity index (χ3v) is 3.40. The quantitative estimate of drug-likeness (QED) is 0.914. The van der Waals surface area contributed by atoms with E-state index in [0.717, 1.165) is 12.1 Å². The Morgan fingerprint density at radius 1 is 1.29 bits per heavy atom. The van der Waals surface area contributed by atoms with E-state index < -0.39 is 17.7 Å². The number of benzene rings is 1. The molecule has 0 amide bonds. The SMILES string of the molecule is COc1cc(F)c([C@H](N)c2cccs2)c(F)c1. The van der Waals surface area contributed by atoms with Crippen LogP contribution in [0.1, 0.15) is 16.5 Å². The predicted octanol–water partition coefficient (Wildman–Crippen LogP) is 3.08. The molecular formula is C12H11F2NOS. The van der Waals surface area contributed by atoms with Crippen molar-refractivity contribution < 1.29 is 13.5 Å². The summed E-state index contributed by atoms with van der Waals surface area (Å²) in [5.41, 5.74) is 5.71. The van der Waals surface area contributed by atoms with Gasteiger partial charge in [0.15, 0.2) is 0 Å². The van der Waals surface area contributed by atoms with Gasteiger partial charge in [-0.15, -0.1) is 11.3 Å². The van der Waals surface area contributed by atoms with Crippen molar-refractivity contribution in [2.75, 3.05) is 7.11 Å². The molecule has 0 unspecified atom stereocenters. The fraction of sp³-hybridized carbons (Fsp3) is 0.167. The number of ether oxygens (including phenoxy) is 1. The van der Waals surface area contributed by atoms with E-state index in [-0.39, 0.29) is 11.3 Å². The van der Waals surface area contributed by atoms with Gasteiger partial charge in [0, 0.05) is 22.6 Å². The first-order chi connectivity index (χ1) is 8.13. The Morgan fingerprint density at radius 3 is 2.41 bits per heavy atom. The molecule has 0 aliphatic heterocycles.